The number of carboxylic acids is 1. The molecule has 5 nitrogen and oxygen atoms in total. The molecule has 112 valence electrons. The predicted molar refractivity (Wildman–Crippen MR) is 77.2 cm³/mol. The molecule has 0 aliphatic heterocycles. The Morgan fingerprint density at radius 2 is 2.00 bits per heavy atom. The van der Waals surface area contributed by atoms with Crippen LogP contribution in [0.4, 0.5) is 0 Å². The maximum absolute atomic E-state index is 12.3. The molecule has 6 heteroatoms. The highest BCUT2D eigenvalue weighted by Gasteiger charge is 2.25. The first-order valence-electron chi connectivity index (χ1n) is 6.60. The zero-order chi connectivity index (χ0) is 15.3. The minimum absolute atomic E-state index is 0.130. The largest absolute Gasteiger partial charge is 0.480 e. The van der Waals surface area contributed by atoms with Crippen LogP contribution in [-0.4, -0.2) is 25.5 Å². The number of sulfonamides is 1. The molecule has 0 heterocycles. The van der Waals surface area contributed by atoms with Gasteiger partial charge in [-0.05, 0) is 31.9 Å². The molecule has 0 saturated carbocycles. The third kappa shape index (κ3) is 4.31. The van der Waals surface area contributed by atoms with Gasteiger partial charge >= 0.3 is 5.97 Å². The number of hydrogen-bond acceptors (Lipinski definition) is 3. The number of benzene rings is 1. The van der Waals surface area contributed by atoms with Gasteiger partial charge in [0.1, 0.15) is 6.04 Å². The quantitative estimate of drug-likeness (QED) is 0.808. The van der Waals surface area contributed by atoms with Crippen molar-refractivity contribution in [1.29, 1.82) is 0 Å². The van der Waals surface area contributed by atoms with Gasteiger partial charge in [-0.25, -0.2) is 8.42 Å². The van der Waals surface area contributed by atoms with E-state index in [9.17, 15) is 13.2 Å². The van der Waals surface area contributed by atoms with Gasteiger partial charge in [0.25, 0.3) is 0 Å². The summed E-state index contributed by atoms with van der Waals surface area (Å²) in [7, 11) is -3.81. The van der Waals surface area contributed by atoms with Gasteiger partial charge in [0.2, 0.25) is 10.0 Å². The molecule has 0 aliphatic carbocycles. The lowest BCUT2D eigenvalue weighted by Crippen LogP contribution is -2.40. The summed E-state index contributed by atoms with van der Waals surface area (Å²) in [5, 5.41) is 9.10. The summed E-state index contributed by atoms with van der Waals surface area (Å²) < 4.78 is 26.8. The molecule has 20 heavy (non-hydrogen) atoms. The Kier molecular flexibility index (Phi) is 5.71. The predicted octanol–water partition coefficient (Wildman–Crippen LogP) is 2.23. The van der Waals surface area contributed by atoms with Crippen molar-refractivity contribution in [2.24, 2.45) is 0 Å². The zero-order valence-corrected chi connectivity index (χ0v) is 12.8. The number of hydrogen-bond donors (Lipinski definition) is 2. The lowest BCUT2D eigenvalue weighted by molar-refractivity contribution is -0.139. The smallest absolute Gasteiger partial charge is 0.321 e. The number of carbonyl (C=O) groups is 1. The number of unbranched alkanes of at least 4 members (excludes halogenated alkanes) is 1. The van der Waals surface area contributed by atoms with Gasteiger partial charge < -0.3 is 5.11 Å². The Morgan fingerprint density at radius 1 is 1.35 bits per heavy atom. The van der Waals surface area contributed by atoms with Gasteiger partial charge in [-0.15, -0.1) is 0 Å². The van der Waals surface area contributed by atoms with E-state index in [1.54, 1.807) is 19.1 Å². The van der Waals surface area contributed by atoms with Gasteiger partial charge in [0.15, 0.2) is 0 Å². The van der Waals surface area contributed by atoms with Crippen LogP contribution in [0, 0.1) is 13.8 Å². The SMILES string of the molecule is CCCC[C@H](NS(=O)(=O)c1ccc(C)cc1C)C(=O)O. The molecule has 0 spiro atoms. The Hall–Kier alpha value is -1.40. The van der Waals surface area contributed by atoms with E-state index in [4.69, 9.17) is 5.11 Å². The monoisotopic (exact) mass is 299 g/mol. The fourth-order valence-corrected chi connectivity index (χ4v) is 3.44. The summed E-state index contributed by atoms with van der Waals surface area (Å²) in [5.74, 6) is -1.15. The zero-order valence-electron chi connectivity index (χ0n) is 12.0. The van der Waals surface area contributed by atoms with E-state index in [1.807, 2.05) is 13.8 Å². The summed E-state index contributed by atoms with van der Waals surface area (Å²) in [5.41, 5.74) is 1.57. The van der Waals surface area contributed by atoms with Crippen LogP contribution in [0.3, 0.4) is 0 Å². The van der Waals surface area contributed by atoms with E-state index >= 15 is 0 Å². The summed E-state index contributed by atoms with van der Waals surface area (Å²) in [6.07, 6.45) is 1.76. The van der Waals surface area contributed by atoms with Gasteiger partial charge in [-0.3, -0.25) is 4.79 Å². The molecule has 1 aromatic rings. The third-order valence-corrected chi connectivity index (χ3v) is 4.69. The number of aliphatic carboxylic acids is 1. The fraction of sp³-hybridized carbons (Fsp3) is 0.500. The van der Waals surface area contributed by atoms with Gasteiger partial charge in [0, 0.05) is 0 Å². The van der Waals surface area contributed by atoms with Crippen LogP contribution in [0.15, 0.2) is 23.1 Å². The van der Waals surface area contributed by atoms with Crippen molar-refractivity contribution in [3.63, 3.8) is 0 Å². The summed E-state index contributed by atoms with van der Waals surface area (Å²) in [6, 6.07) is 3.88. The molecule has 1 aromatic carbocycles. The Balaban J connectivity index is 3.00. The highest BCUT2D eigenvalue weighted by Crippen LogP contribution is 2.17. The molecule has 2 N–H and O–H groups in total. The summed E-state index contributed by atoms with van der Waals surface area (Å²) in [4.78, 5) is 11.3. The Labute approximate surface area is 120 Å². The van der Waals surface area contributed by atoms with Crippen molar-refractivity contribution in [3.8, 4) is 0 Å². The van der Waals surface area contributed by atoms with Gasteiger partial charge in [0.05, 0.1) is 4.90 Å². The van der Waals surface area contributed by atoms with Crippen molar-refractivity contribution >= 4 is 16.0 Å². The number of aryl methyl sites for hydroxylation is 2. The minimum Gasteiger partial charge on any atom is -0.480 e. The third-order valence-electron chi connectivity index (χ3n) is 3.06. The molecule has 0 amide bonds. The molecule has 0 aliphatic rings. The van der Waals surface area contributed by atoms with E-state index in [1.165, 1.54) is 6.07 Å². The fourth-order valence-electron chi connectivity index (χ4n) is 1.99. The molecular formula is C14H21NO4S. The number of nitrogens with one attached hydrogen (secondary N) is 1. The number of carboxylic acid groups (broad SMARTS) is 1. The van der Waals surface area contributed by atoms with E-state index in [2.05, 4.69) is 4.72 Å². The molecular weight excluding hydrogens is 278 g/mol. The van der Waals surface area contributed by atoms with Crippen molar-refractivity contribution in [2.45, 2.75) is 51.0 Å². The van der Waals surface area contributed by atoms with Gasteiger partial charge in [-0.2, -0.15) is 4.72 Å². The maximum atomic E-state index is 12.3. The van der Waals surface area contributed by atoms with Crippen molar-refractivity contribution < 1.29 is 18.3 Å². The molecule has 1 atom stereocenters. The summed E-state index contributed by atoms with van der Waals surface area (Å²) in [6.45, 7) is 5.50. The maximum Gasteiger partial charge on any atom is 0.321 e. The second-order valence-electron chi connectivity index (χ2n) is 4.92. The van der Waals surface area contributed by atoms with Gasteiger partial charge in [-0.1, -0.05) is 37.5 Å². The first kappa shape index (κ1) is 16.7. The highest BCUT2D eigenvalue weighted by atomic mass is 32.2. The number of rotatable bonds is 7. The summed E-state index contributed by atoms with van der Waals surface area (Å²) >= 11 is 0. The van der Waals surface area contributed by atoms with Crippen molar-refractivity contribution in [1.82, 2.24) is 4.72 Å². The topological polar surface area (TPSA) is 83.5 Å². The second-order valence-corrected chi connectivity index (χ2v) is 6.61. The van der Waals surface area contributed by atoms with E-state index in [0.29, 0.717) is 12.0 Å². The lowest BCUT2D eigenvalue weighted by atomic mass is 10.1. The average Bonchev–Trinajstić information content (AvgIpc) is 2.33. The van der Waals surface area contributed by atoms with E-state index in [-0.39, 0.29) is 11.3 Å². The molecule has 0 bridgehead atoms. The van der Waals surface area contributed by atoms with Crippen LogP contribution in [0.5, 0.6) is 0 Å². The van der Waals surface area contributed by atoms with Crippen molar-refractivity contribution in [3.05, 3.63) is 29.3 Å². The van der Waals surface area contributed by atoms with Crippen LogP contribution in [0.2, 0.25) is 0 Å². The van der Waals surface area contributed by atoms with Crippen LogP contribution in [-0.2, 0) is 14.8 Å². The molecule has 0 fully saturated rings. The first-order valence-corrected chi connectivity index (χ1v) is 8.08. The van der Waals surface area contributed by atoms with Crippen LogP contribution in [0.1, 0.15) is 37.3 Å². The second kappa shape index (κ2) is 6.85. The lowest BCUT2D eigenvalue weighted by Gasteiger charge is -2.15. The Morgan fingerprint density at radius 3 is 2.50 bits per heavy atom. The molecule has 0 aromatic heterocycles. The first-order chi connectivity index (χ1) is 9.27. The molecule has 0 saturated heterocycles. The van der Waals surface area contributed by atoms with E-state index in [0.717, 1.165) is 12.0 Å². The Bertz CT molecular complexity index is 581. The standard InChI is InChI=1S/C14H21NO4S/c1-4-5-6-12(14(16)17)15-20(18,19)13-8-7-10(2)9-11(13)3/h7-9,12,15H,4-6H2,1-3H3,(H,16,17)/t12-/m0/s1. The van der Waals surface area contributed by atoms with Crippen LogP contribution >= 0.6 is 0 Å². The highest BCUT2D eigenvalue weighted by molar-refractivity contribution is 7.89. The molecule has 0 unspecified atom stereocenters. The minimum atomic E-state index is -3.81. The molecule has 1 rings (SSSR count). The average molecular weight is 299 g/mol. The van der Waals surface area contributed by atoms with Crippen LogP contribution in [0.25, 0.3) is 0 Å². The van der Waals surface area contributed by atoms with Crippen molar-refractivity contribution in [2.75, 3.05) is 0 Å². The van der Waals surface area contributed by atoms with E-state index < -0.39 is 22.0 Å². The van der Waals surface area contributed by atoms with Crippen LogP contribution < -0.4 is 4.72 Å². The molecule has 0 radical (unpaired) electrons. The normalized spacial score (nSPS) is 13.2.